The van der Waals surface area contributed by atoms with Crippen molar-refractivity contribution in [2.45, 2.75) is 18.5 Å². The van der Waals surface area contributed by atoms with E-state index >= 15 is 0 Å². The number of aryl methyl sites for hydroxylation is 1. The number of aromatic nitrogens is 6. The number of nitrogens with zero attached hydrogens (tertiary/aromatic N) is 6. The summed E-state index contributed by atoms with van der Waals surface area (Å²) in [7, 11) is 0. The van der Waals surface area contributed by atoms with Crippen molar-refractivity contribution in [3.05, 3.63) is 58.8 Å². The Morgan fingerprint density at radius 2 is 2.00 bits per heavy atom. The highest BCUT2D eigenvalue weighted by Crippen LogP contribution is 2.29. The molecule has 1 amide bonds. The third kappa shape index (κ3) is 4.66. The van der Waals surface area contributed by atoms with E-state index in [1.165, 1.54) is 23.1 Å². The van der Waals surface area contributed by atoms with Gasteiger partial charge in [-0.3, -0.25) is 19.7 Å². The molecule has 0 fully saturated rings. The average Bonchev–Trinajstić information content (AvgIpc) is 3.39. The molecule has 0 aliphatic heterocycles. The Kier molecular flexibility index (Phi) is 6.36. The predicted molar refractivity (Wildman–Crippen MR) is 118 cm³/mol. The van der Waals surface area contributed by atoms with Gasteiger partial charge in [-0.2, -0.15) is 0 Å². The quantitative estimate of drug-likeness (QED) is 0.416. The number of carbonyl (C=O) groups excluding carboxylic acids is 1. The number of amides is 1. The lowest BCUT2D eigenvalue weighted by Crippen LogP contribution is -2.14. The van der Waals surface area contributed by atoms with Crippen molar-refractivity contribution >= 4 is 45.7 Å². The Morgan fingerprint density at radius 1 is 1.17 bits per heavy atom. The number of hydrogen-bond donors (Lipinski definition) is 1. The molecule has 1 aromatic carbocycles. The van der Waals surface area contributed by atoms with Crippen molar-refractivity contribution < 1.29 is 4.79 Å². The topological polar surface area (TPSA) is 98.5 Å². The van der Waals surface area contributed by atoms with Gasteiger partial charge >= 0.3 is 0 Å². The SMILES string of the molecule is CCc1nnc(NC(=O)CSc2nnc(-c3ccncc3)n2-c2cccc(Cl)c2)s1. The summed E-state index contributed by atoms with van der Waals surface area (Å²) in [6.07, 6.45) is 4.17. The number of rotatable bonds is 7. The lowest BCUT2D eigenvalue weighted by molar-refractivity contribution is -0.113. The Bertz CT molecular complexity index is 1160. The number of carbonyl (C=O) groups is 1. The van der Waals surface area contributed by atoms with Crippen LogP contribution in [0.4, 0.5) is 5.13 Å². The largest absolute Gasteiger partial charge is 0.300 e. The molecule has 3 aromatic heterocycles. The van der Waals surface area contributed by atoms with E-state index in [0.29, 0.717) is 21.1 Å². The van der Waals surface area contributed by atoms with Gasteiger partial charge in [-0.1, -0.05) is 47.7 Å². The molecule has 0 saturated heterocycles. The molecule has 3 heterocycles. The maximum Gasteiger partial charge on any atom is 0.236 e. The molecule has 4 rings (SSSR count). The second kappa shape index (κ2) is 9.33. The first-order chi connectivity index (χ1) is 14.6. The maximum atomic E-state index is 12.4. The van der Waals surface area contributed by atoms with Crippen LogP contribution in [0.3, 0.4) is 0 Å². The van der Waals surface area contributed by atoms with E-state index < -0.39 is 0 Å². The van der Waals surface area contributed by atoms with E-state index in [2.05, 4.69) is 30.7 Å². The van der Waals surface area contributed by atoms with Crippen LogP contribution >= 0.6 is 34.7 Å². The van der Waals surface area contributed by atoms with Crippen molar-refractivity contribution in [1.82, 2.24) is 29.9 Å². The third-order valence-electron chi connectivity index (χ3n) is 3.99. The molecular formula is C19H16ClN7OS2. The first-order valence-electron chi connectivity index (χ1n) is 9.01. The first kappa shape index (κ1) is 20.5. The summed E-state index contributed by atoms with van der Waals surface area (Å²) >= 11 is 8.84. The summed E-state index contributed by atoms with van der Waals surface area (Å²) in [5, 5.41) is 21.9. The third-order valence-corrected chi connectivity index (χ3v) is 6.13. The zero-order valence-electron chi connectivity index (χ0n) is 15.8. The number of halogens is 1. The lowest BCUT2D eigenvalue weighted by Gasteiger charge is -2.10. The number of hydrogen-bond acceptors (Lipinski definition) is 8. The first-order valence-corrected chi connectivity index (χ1v) is 11.2. The van der Waals surface area contributed by atoms with E-state index in [9.17, 15) is 4.79 Å². The molecule has 0 spiro atoms. The monoisotopic (exact) mass is 457 g/mol. The van der Waals surface area contributed by atoms with E-state index in [4.69, 9.17) is 11.6 Å². The van der Waals surface area contributed by atoms with Crippen LogP contribution in [0.25, 0.3) is 17.1 Å². The Balaban J connectivity index is 1.58. The van der Waals surface area contributed by atoms with Gasteiger partial charge in [0.05, 0.1) is 11.4 Å². The van der Waals surface area contributed by atoms with Gasteiger partial charge in [0.2, 0.25) is 11.0 Å². The van der Waals surface area contributed by atoms with Crippen LogP contribution < -0.4 is 5.32 Å². The Hall–Kier alpha value is -2.82. The highest BCUT2D eigenvalue weighted by molar-refractivity contribution is 7.99. The van der Waals surface area contributed by atoms with Crippen LogP contribution in [0.2, 0.25) is 5.02 Å². The van der Waals surface area contributed by atoms with Crippen LogP contribution in [-0.2, 0) is 11.2 Å². The molecular weight excluding hydrogens is 442 g/mol. The molecule has 0 unspecified atom stereocenters. The second-order valence-electron chi connectivity index (χ2n) is 6.05. The van der Waals surface area contributed by atoms with Crippen molar-refractivity contribution in [3.8, 4) is 17.1 Å². The van der Waals surface area contributed by atoms with Crippen LogP contribution in [0.5, 0.6) is 0 Å². The van der Waals surface area contributed by atoms with E-state index in [-0.39, 0.29) is 11.7 Å². The lowest BCUT2D eigenvalue weighted by atomic mass is 10.2. The van der Waals surface area contributed by atoms with Gasteiger partial charge in [0.25, 0.3) is 0 Å². The number of benzene rings is 1. The van der Waals surface area contributed by atoms with Gasteiger partial charge in [0.1, 0.15) is 5.01 Å². The summed E-state index contributed by atoms with van der Waals surface area (Å²) in [5.41, 5.74) is 1.66. The molecule has 8 nitrogen and oxygen atoms in total. The highest BCUT2D eigenvalue weighted by atomic mass is 35.5. The summed E-state index contributed by atoms with van der Waals surface area (Å²) in [6, 6.07) is 11.1. The molecule has 0 atom stereocenters. The zero-order valence-corrected chi connectivity index (χ0v) is 18.2. The summed E-state index contributed by atoms with van der Waals surface area (Å²) in [4.78, 5) is 16.4. The highest BCUT2D eigenvalue weighted by Gasteiger charge is 2.18. The number of thioether (sulfide) groups is 1. The van der Waals surface area contributed by atoms with Crippen molar-refractivity contribution in [3.63, 3.8) is 0 Å². The van der Waals surface area contributed by atoms with Crippen molar-refractivity contribution in [2.24, 2.45) is 0 Å². The molecule has 152 valence electrons. The zero-order chi connectivity index (χ0) is 20.9. The minimum Gasteiger partial charge on any atom is -0.300 e. The molecule has 0 saturated carbocycles. The van der Waals surface area contributed by atoms with Gasteiger partial charge < -0.3 is 0 Å². The average molecular weight is 458 g/mol. The van der Waals surface area contributed by atoms with Gasteiger partial charge in [-0.25, -0.2) is 0 Å². The van der Waals surface area contributed by atoms with Crippen LogP contribution in [-0.4, -0.2) is 41.6 Å². The summed E-state index contributed by atoms with van der Waals surface area (Å²) < 4.78 is 1.87. The van der Waals surface area contributed by atoms with E-state index in [1.54, 1.807) is 18.5 Å². The smallest absolute Gasteiger partial charge is 0.236 e. The maximum absolute atomic E-state index is 12.4. The molecule has 0 radical (unpaired) electrons. The van der Waals surface area contributed by atoms with Gasteiger partial charge in [-0.05, 0) is 36.8 Å². The standard InChI is InChI=1S/C19H16ClN7OS2/c1-2-16-23-25-18(30-16)22-15(28)11-29-19-26-24-17(12-6-8-21-9-7-12)27(19)14-5-3-4-13(20)10-14/h3-10H,2,11H2,1H3,(H,22,25,28). The molecule has 0 bridgehead atoms. The van der Waals surface area contributed by atoms with Crippen molar-refractivity contribution in [2.75, 3.05) is 11.1 Å². The van der Waals surface area contributed by atoms with Crippen LogP contribution in [0.1, 0.15) is 11.9 Å². The molecule has 0 aliphatic carbocycles. The minimum atomic E-state index is -0.190. The second-order valence-corrected chi connectivity index (χ2v) is 8.49. The fourth-order valence-corrected chi connectivity index (χ4v) is 4.26. The summed E-state index contributed by atoms with van der Waals surface area (Å²) in [5.74, 6) is 0.597. The van der Waals surface area contributed by atoms with Crippen molar-refractivity contribution in [1.29, 1.82) is 0 Å². The molecule has 4 aromatic rings. The van der Waals surface area contributed by atoms with Gasteiger partial charge in [-0.15, -0.1) is 20.4 Å². The molecule has 30 heavy (non-hydrogen) atoms. The molecule has 0 aliphatic rings. The molecule has 1 N–H and O–H groups in total. The Morgan fingerprint density at radius 3 is 2.73 bits per heavy atom. The summed E-state index contributed by atoms with van der Waals surface area (Å²) in [6.45, 7) is 1.99. The van der Waals surface area contributed by atoms with Crippen LogP contribution in [0.15, 0.2) is 53.9 Å². The number of anilines is 1. The fraction of sp³-hybridized carbons (Fsp3) is 0.158. The molecule has 11 heteroatoms. The predicted octanol–water partition coefficient (Wildman–Crippen LogP) is 4.13. The van der Waals surface area contributed by atoms with E-state index in [1.807, 2.05) is 41.8 Å². The minimum absolute atomic E-state index is 0.149. The Labute approximate surface area is 185 Å². The van der Waals surface area contributed by atoms with Gasteiger partial charge in [0.15, 0.2) is 11.0 Å². The van der Waals surface area contributed by atoms with Gasteiger partial charge in [0, 0.05) is 23.0 Å². The number of nitrogens with one attached hydrogen (secondary N) is 1. The van der Waals surface area contributed by atoms with E-state index in [0.717, 1.165) is 22.7 Å². The fourth-order valence-electron chi connectivity index (χ4n) is 2.63. The normalized spacial score (nSPS) is 10.9. The number of pyridine rings is 1. The van der Waals surface area contributed by atoms with Crippen LogP contribution in [0, 0.1) is 0 Å².